The monoisotopic (exact) mass is 541 g/mol. The molecule has 0 atom stereocenters. The summed E-state index contributed by atoms with van der Waals surface area (Å²) in [5.74, 6) is 0.316. The quantitative estimate of drug-likeness (QED) is 0.297. The van der Waals surface area contributed by atoms with E-state index in [0.29, 0.717) is 34.9 Å². The van der Waals surface area contributed by atoms with E-state index in [9.17, 15) is 18.0 Å². The standard InChI is InChI=1S/C27H30F3N7O2/c1-4-6-7-14-36-25-20(24(35-36)18-8-10-19(11-9-18)27(28,29)30)12-13-32-23(16-22(31)33-25)37-21(15-17(3)34-37)26(38)39-5-2/h8-11,13,15-16H,4-7,12,14H2,1-3H3,(H2,31,33)/b23-16+,32-13?. The van der Waals surface area contributed by atoms with Gasteiger partial charge in [-0.05, 0) is 38.5 Å². The highest BCUT2D eigenvalue weighted by atomic mass is 19.4. The maximum absolute atomic E-state index is 13.1. The summed E-state index contributed by atoms with van der Waals surface area (Å²) < 4.78 is 47.7. The molecule has 2 aromatic heterocycles. The number of esters is 1. The van der Waals surface area contributed by atoms with Crippen molar-refractivity contribution in [2.75, 3.05) is 6.61 Å². The topological polar surface area (TPSA) is 113 Å². The first-order valence-corrected chi connectivity index (χ1v) is 12.7. The van der Waals surface area contributed by atoms with Crippen molar-refractivity contribution in [1.82, 2.24) is 19.6 Å². The Morgan fingerprint density at radius 2 is 1.87 bits per heavy atom. The molecule has 0 saturated heterocycles. The summed E-state index contributed by atoms with van der Waals surface area (Å²) in [5, 5.41) is 9.11. The molecule has 0 bridgehead atoms. The van der Waals surface area contributed by atoms with Crippen LogP contribution in [-0.4, -0.2) is 44.2 Å². The van der Waals surface area contributed by atoms with Crippen molar-refractivity contribution >= 4 is 29.7 Å². The number of nitrogens with two attached hydrogens (primary N) is 1. The minimum Gasteiger partial charge on any atom is -0.461 e. The Morgan fingerprint density at radius 1 is 1.13 bits per heavy atom. The summed E-state index contributed by atoms with van der Waals surface area (Å²) in [7, 11) is 0. The van der Waals surface area contributed by atoms with E-state index in [1.807, 2.05) is 0 Å². The number of hydrogen-bond donors (Lipinski definition) is 1. The maximum Gasteiger partial charge on any atom is 0.416 e. The van der Waals surface area contributed by atoms with Crippen LogP contribution in [0.25, 0.3) is 17.1 Å². The predicted octanol–water partition coefficient (Wildman–Crippen LogP) is 5.55. The molecule has 4 rings (SSSR count). The zero-order valence-corrected chi connectivity index (χ0v) is 22.0. The number of hydrogen-bond acceptors (Lipinski definition) is 7. The van der Waals surface area contributed by atoms with E-state index in [1.165, 1.54) is 22.9 Å². The number of amidine groups is 1. The van der Waals surface area contributed by atoms with Crippen LogP contribution in [0.4, 0.5) is 19.0 Å². The molecule has 1 aliphatic rings. The van der Waals surface area contributed by atoms with Crippen LogP contribution in [0, 0.1) is 6.92 Å². The van der Waals surface area contributed by atoms with Gasteiger partial charge in [0.25, 0.3) is 0 Å². The Bertz CT molecular complexity index is 1430. The molecule has 0 aliphatic carbocycles. The molecule has 0 unspecified atom stereocenters. The van der Waals surface area contributed by atoms with Crippen LogP contribution >= 0.6 is 0 Å². The van der Waals surface area contributed by atoms with Gasteiger partial charge in [0.15, 0.2) is 17.3 Å². The highest BCUT2D eigenvalue weighted by Gasteiger charge is 2.30. The fraction of sp³-hybridized carbons (Fsp3) is 0.370. The molecule has 39 heavy (non-hydrogen) atoms. The van der Waals surface area contributed by atoms with Gasteiger partial charge in [0.2, 0.25) is 0 Å². The molecule has 0 saturated carbocycles. The van der Waals surface area contributed by atoms with Crippen LogP contribution in [0.3, 0.4) is 0 Å². The number of halogens is 3. The second-order valence-corrected chi connectivity index (χ2v) is 9.01. The zero-order valence-electron chi connectivity index (χ0n) is 22.0. The lowest BCUT2D eigenvalue weighted by Crippen LogP contribution is -2.15. The van der Waals surface area contributed by atoms with Crippen molar-refractivity contribution in [3.05, 3.63) is 58.9 Å². The Hall–Kier alpha value is -4.22. The van der Waals surface area contributed by atoms with Crippen molar-refractivity contribution in [3.63, 3.8) is 0 Å². The van der Waals surface area contributed by atoms with Gasteiger partial charge in [-0.3, -0.25) is 0 Å². The number of carbonyl (C=O) groups excluding carboxylic acids is 1. The smallest absolute Gasteiger partial charge is 0.416 e. The highest BCUT2D eigenvalue weighted by molar-refractivity contribution is 5.99. The van der Waals surface area contributed by atoms with Gasteiger partial charge in [-0.25, -0.2) is 24.1 Å². The van der Waals surface area contributed by atoms with E-state index in [1.54, 1.807) is 30.8 Å². The number of aliphatic imine (C=N–C) groups is 2. The highest BCUT2D eigenvalue weighted by Crippen LogP contribution is 2.35. The van der Waals surface area contributed by atoms with E-state index >= 15 is 0 Å². The average molecular weight is 542 g/mol. The Morgan fingerprint density at radius 3 is 2.54 bits per heavy atom. The summed E-state index contributed by atoms with van der Waals surface area (Å²) in [4.78, 5) is 21.7. The van der Waals surface area contributed by atoms with Gasteiger partial charge in [-0.15, -0.1) is 0 Å². The van der Waals surface area contributed by atoms with Crippen LogP contribution in [0.15, 0.2) is 46.4 Å². The lowest BCUT2D eigenvalue weighted by molar-refractivity contribution is -0.137. The van der Waals surface area contributed by atoms with E-state index in [2.05, 4.69) is 22.0 Å². The summed E-state index contributed by atoms with van der Waals surface area (Å²) >= 11 is 0. The molecule has 9 nitrogen and oxygen atoms in total. The van der Waals surface area contributed by atoms with Gasteiger partial charge >= 0.3 is 12.1 Å². The number of benzene rings is 1. The summed E-state index contributed by atoms with van der Waals surface area (Å²) in [6.07, 6.45) is 1.78. The molecule has 0 radical (unpaired) electrons. The summed E-state index contributed by atoms with van der Waals surface area (Å²) in [5.41, 5.74) is 8.07. The number of ether oxygens (including phenoxy) is 1. The molecular formula is C27H30F3N7O2. The molecule has 0 fully saturated rings. The third-order valence-corrected chi connectivity index (χ3v) is 6.04. The van der Waals surface area contributed by atoms with Crippen LogP contribution in [0.2, 0.25) is 0 Å². The predicted molar refractivity (Wildman–Crippen MR) is 143 cm³/mol. The van der Waals surface area contributed by atoms with E-state index < -0.39 is 17.7 Å². The number of aromatic nitrogens is 4. The third-order valence-electron chi connectivity index (χ3n) is 6.04. The second-order valence-electron chi connectivity index (χ2n) is 9.01. The molecule has 2 N–H and O–H groups in total. The van der Waals surface area contributed by atoms with Crippen LogP contribution in [0.5, 0.6) is 0 Å². The molecule has 3 heterocycles. The normalized spacial score (nSPS) is 15.0. The minimum absolute atomic E-state index is 0.101. The largest absolute Gasteiger partial charge is 0.461 e. The second kappa shape index (κ2) is 11.7. The molecule has 206 valence electrons. The van der Waals surface area contributed by atoms with Crippen molar-refractivity contribution in [1.29, 1.82) is 0 Å². The Kier molecular flexibility index (Phi) is 8.32. The molecule has 1 aliphatic heterocycles. The fourth-order valence-corrected chi connectivity index (χ4v) is 4.21. The number of carbonyl (C=O) groups is 1. The number of fused-ring (bicyclic) bond motifs is 1. The first kappa shape index (κ1) is 27.8. The molecule has 12 heteroatoms. The van der Waals surface area contributed by atoms with E-state index in [4.69, 9.17) is 15.6 Å². The Labute approximate surface area is 223 Å². The SMILES string of the molecule is CCCCCn1nc(-c2ccc(C(F)(F)F)cc2)c2c1N=C(N)/C=C(/n1nc(C)cc1C(=O)OCC)N=CC2. The zero-order chi connectivity index (χ0) is 28.2. The third kappa shape index (κ3) is 6.27. The number of nitrogens with zero attached hydrogens (tertiary/aromatic N) is 6. The van der Waals surface area contributed by atoms with Crippen molar-refractivity contribution in [3.8, 4) is 11.3 Å². The molecule has 0 spiro atoms. The van der Waals surface area contributed by atoms with Crippen LogP contribution in [-0.2, 0) is 23.9 Å². The van der Waals surface area contributed by atoms with Crippen molar-refractivity contribution in [2.45, 2.75) is 59.2 Å². The van der Waals surface area contributed by atoms with Gasteiger partial charge in [-0.1, -0.05) is 31.9 Å². The van der Waals surface area contributed by atoms with E-state index in [0.717, 1.165) is 31.4 Å². The number of rotatable bonds is 8. The van der Waals surface area contributed by atoms with Gasteiger partial charge < -0.3 is 10.5 Å². The van der Waals surface area contributed by atoms with Gasteiger partial charge in [0.05, 0.1) is 23.6 Å². The van der Waals surface area contributed by atoms with Crippen molar-refractivity contribution < 1.29 is 22.7 Å². The molecule has 3 aromatic rings. The van der Waals surface area contributed by atoms with Crippen LogP contribution < -0.4 is 5.73 Å². The number of aryl methyl sites for hydroxylation is 2. The average Bonchev–Trinajstić information content (AvgIpc) is 3.45. The lowest BCUT2D eigenvalue weighted by atomic mass is 10.0. The van der Waals surface area contributed by atoms with Gasteiger partial charge in [0, 0.05) is 36.4 Å². The number of unbranched alkanes of at least 4 members (excludes halogenated alkanes) is 2. The summed E-state index contributed by atoms with van der Waals surface area (Å²) in [6.45, 7) is 6.31. The minimum atomic E-state index is -4.44. The van der Waals surface area contributed by atoms with Crippen LogP contribution in [0.1, 0.15) is 60.4 Å². The maximum atomic E-state index is 13.1. The molecular weight excluding hydrogens is 511 g/mol. The van der Waals surface area contributed by atoms with Gasteiger partial charge in [-0.2, -0.15) is 23.4 Å². The molecule has 0 amide bonds. The van der Waals surface area contributed by atoms with Crippen molar-refractivity contribution in [2.24, 2.45) is 15.7 Å². The van der Waals surface area contributed by atoms with Gasteiger partial charge in [0.1, 0.15) is 5.84 Å². The van der Waals surface area contributed by atoms with E-state index in [-0.39, 0.29) is 30.4 Å². The first-order valence-electron chi connectivity index (χ1n) is 12.7. The molecule has 1 aromatic carbocycles. The summed E-state index contributed by atoms with van der Waals surface area (Å²) in [6, 6.07) is 6.48. The Balaban J connectivity index is 1.79. The lowest BCUT2D eigenvalue weighted by Gasteiger charge is -2.08. The number of alkyl halides is 3. The fourth-order valence-electron chi connectivity index (χ4n) is 4.21. The first-order chi connectivity index (χ1) is 18.6.